The Hall–Kier alpha value is -2.14. The molecule has 1 aromatic heterocycles. The van der Waals surface area contributed by atoms with Gasteiger partial charge in [0, 0.05) is 36.8 Å². The van der Waals surface area contributed by atoms with Crippen molar-refractivity contribution in [3.63, 3.8) is 0 Å². The number of para-hydroxylation sites is 1. The normalized spacial score (nSPS) is 26.7. The van der Waals surface area contributed by atoms with E-state index in [1.54, 1.807) is 12.3 Å². The highest BCUT2D eigenvalue weighted by molar-refractivity contribution is 5.97. The Balaban J connectivity index is 1.60. The molecular formula is C19H23N3O2. The highest BCUT2D eigenvalue weighted by Gasteiger charge is 2.39. The van der Waals surface area contributed by atoms with E-state index < -0.39 is 0 Å². The summed E-state index contributed by atoms with van der Waals surface area (Å²) in [4.78, 5) is 27.8. The molecule has 0 spiro atoms. The van der Waals surface area contributed by atoms with Crippen LogP contribution in [0.25, 0.3) is 10.9 Å². The number of nitrogens with zero attached hydrogens (tertiary/aromatic N) is 2. The Kier molecular flexibility index (Phi) is 3.68. The average Bonchev–Trinajstić information content (AvgIpc) is 2.80. The molecule has 2 aliphatic heterocycles. The number of piperidine rings is 1. The van der Waals surface area contributed by atoms with Crippen molar-refractivity contribution in [3.05, 3.63) is 46.2 Å². The van der Waals surface area contributed by atoms with Crippen LogP contribution in [0.5, 0.6) is 0 Å². The van der Waals surface area contributed by atoms with Crippen molar-refractivity contribution in [1.29, 1.82) is 0 Å². The summed E-state index contributed by atoms with van der Waals surface area (Å²) in [6.45, 7) is 0. The number of fused-ring (bicyclic) bond motifs is 3. The molecule has 2 aromatic rings. The summed E-state index contributed by atoms with van der Waals surface area (Å²) in [6.07, 6.45) is 6.04. The quantitative estimate of drug-likeness (QED) is 0.917. The lowest BCUT2D eigenvalue weighted by Crippen LogP contribution is -2.49. The predicted octanol–water partition coefficient (Wildman–Crippen LogP) is 1.89. The zero-order valence-electron chi connectivity index (χ0n) is 14.2. The van der Waals surface area contributed by atoms with Crippen LogP contribution < -0.4 is 10.7 Å². The van der Waals surface area contributed by atoms with Crippen LogP contribution in [0.15, 0.2) is 35.3 Å². The van der Waals surface area contributed by atoms with Crippen molar-refractivity contribution in [3.8, 4) is 0 Å². The van der Waals surface area contributed by atoms with Crippen LogP contribution in [0.2, 0.25) is 0 Å². The van der Waals surface area contributed by atoms with Gasteiger partial charge in [0.15, 0.2) is 0 Å². The third kappa shape index (κ3) is 2.44. The monoisotopic (exact) mass is 325 g/mol. The minimum absolute atomic E-state index is 0.169. The molecular weight excluding hydrogens is 302 g/mol. The molecule has 24 heavy (non-hydrogen) atoms. The SMILES string of the molecule is CN1C2CCC1CC(NC(=O)c1cn(C)c3ccccc3c1=O)C2. The number of rotatable bonds is 2. The van der Waals surface area contributed by atoms with Gasteiger partial charge in [-0.1, -0.05) is 12.1 Å². The minimum Gasteiger partial charge on any atom is -0.350 e. The number of aromatic nitrogens is 1. The Labute approximate surface area is 141 Å². The molecule has 0 saturated carbocycles. The number of benzene rings is 1. The van der Waals surface area contributed by atoms with Gasteiger partial charge < -0.3 is 14.8 Å². The first-order valence-electron chi connectivity index (χ1n) is 8.66. The van der Waals surface area contributed by atoms with Crippen molar-refractivity contribution >= 4 is 16.8 Å². The fraction of sp³-hybridized carbons (Fsp3) is 0.474. The van der Waals surface area contributed by atoms with Gasteiger partial charge in [-0.3, -0.25) is 9.59 Å². The molecule has 2 bridgehead atoms. The maximum atomic E-state index is 12.7. The first-order valence-corrected chi connectivity index (χ1v) is 8.66. The smallest absolute Gasteiger partial charge is 0.256 e. The molecule has 1 N–H and O–H groups in total. The fourth-order valence-electron chi connectivity index (χ4n) is 4.39. The second kappa shape index (κ2) is 5.74. The Morgan fingerprint density at radius 3 is 2.50 bits per heavy atom. The lowest BCUT2D eigenvalue weighted by atomic mass is 9.97. The van der Waals surface area contributed by atoms with Crippen molar-refractivity contribution in [2.24, 2.45) is 7.05 Å². The van der Waals surface area contributed by atoms with Gasteiger partial charge in [0.1, 0.15) is 5.56 Å². The second-order valence-corrected chi connectivity index (χ2v) is 7.19. The predicted molar refractivity (Wildman–Crippen MR) is 94.3 cm³/mol. The number of nitrogens with one attached hydrogen (secondary N) is 1. The van der Waals surface area contributed by atoms with Gasteiger partial charge in [0.25, 0.3) is 5.91 Å². The topological polar surface area (TPSA) is 54.3 Å². The molecule has 0 radical (unpaired) electrons. The first kappa shape index (κ1) is 15.4. The van der Waals surface area contributed by atoms with E-state index in [-0.39, 0.29) is 22.9 Å². The molecule has 1 amide bonds. The largest absolute Gasteiger partial charge is 0.350 e. The molecule has 2 aliphatic rings. The average molecular weight is 325 g/mol. The van der Waals surface area contributed by atoms with Gasteiger partial charge in [0.2, 0.25) is 5.43 Å². The summed E-state index contributed by atoms with van der Waals surface area (Å²) < 4.78 is 1.85. The van der Waals surface area contributed by atoms with E-state index in [0.717, 1.165) is 18.4 Å². The summed E-state index contributed by atoms with van der Waals surface area (Å²) in [5.74, 6) is -0.240. The van der Waals surface area contributed by atoms with E-state index >= 15 is 0 Å². The number of amides is 1. The van der Waals surface area contributed by atoms with Gasteiger partial charge in [-0.2, -0.15) is 0 Å². The Morgan fingerprint density at radius 1 is 1.12 bits per heavy atom. The molecule has 0 aliphatic carbocycles. The standard InChI is InChI=1S/C19H23N3O2/c1-21-11-16(18(23)15-5-3-4-6-17(15)21)19(24)20-12-9-13-7-8-14(10-12)22(13)2/h3-6,11-14H,7-10H2,1-2H3,(H,20,24). The summed E-state index contributed by atoms with van der Waals surface area (Å²) in [6, 6.07) is 8.71. The molecule has 2 saturated heterocycles. The van der Waals surface area contributed by atoms with E-state index in [2.05, 4.69) is 17.3 Å². The fourth-order valence-corrected chi connectivity index (χ4v) is 4.39. The number of carbonyl (C=O) groups excluding carboxylic acids is 1. The van der Waals surface area contributed by atoms with Crippen LogP contribution in [0.1, 0.15) is 36.0 Å². The van der Waals surface area contributed by atoms with Gasteiger partial charge in [-0.15, -0.1) is 0 Å². The molecule has 1 aromatic carbocycles. The summed E-state index contributed by atoms with van der Waals surface area (Å²) in [5, 5.41) is 3.70. The van der Waals surface area contributed by atoms with Crippen molar-refractivity contribution < 1.29 is 4.79 Å². The minimum atomic E-state index is -0.240. The number of carbonyl (C=O) groups is 1. The van der Waals surface area contributed by atoms with Gasteiger partial charge in [0.05, 0.1) is 5.52 Å². The van der Waals surface area contributed by atoms with E-state index in [4.69, 9.17) is 0 Å². The van der Waals surface area contributed by atoms with Crippen molar-refractivity contribution in [2.45, 2.75) is 43.8 Å². The van der Waals surface area contributed by atoms with Crippen LogP contribution >= 0.6 is 0 Å². The summed E-state index contributed by atoms with van der Waals surface area (Å²) in [5.41, 5.74) is 0.899. The number of hydrogen-bond acceptors (Lipinski definition) is 3. The Bertz CT molecular complexity index is 843. The van der Waals surface area contributed by atoms with E-state index in [1.807, 2.05) is 29.8 Å². The molecule has 5 heteroatoms. The maximum Gasteiger partial charge on any atom is 0.256 e. The molecule has 2 atom stereocenters. The Morgan fingerprint density at radius 2 is 1.79 bits per heavy atom. The highest BCUT2D eigenvalue weighted by Crippen LogP contribution is 2.34. The van der Waals surface area contributed by atoms with Crippen molar-refractivity contribution in [1.82, 2.24) is 14.8 Å². The zero-order chi connectivity index (χ0) is 16.8. The molecule has 2 fully saturated rings. The molecule has 2 unspecified atom stereocenters. The summed E-state index contributed by atoms with van der Waals surface area (Å²) in [7, 11) is 4.05. The second-order valence-electron chi connectivity index (χ2n) is 7.19. The van der Waals surface area contributed by atoms with Crippen LogP contribution in [-0.2, 0) is 7.05 Å². The maximum absolute atomic E-state index is 12.7. The van der Waals surface area contributed by atoms with Gasteiger partial charge in [-0.05, 0) is 44.9 Å². The van der Waals surface area contributed by atoms with E-state index in [1.165, 1.54) is 12.8 Å². The lowest BCUT2D eigenvalue weighted by Gasteiger charge is -2.36. The van der Waals surface area contributed by atoms with E-state index in [0.29, 0.717) is 17.5 Å². The number of aryl methyl sites for hydroxylation is 1. The summed E-state index contributed by atoms with van der Waals surface area (Å²) >= 11 is 0. The third-order valence-electron chi connectivity index (χ3n) is 5.77. The van der Waals surface area contributed by atoms with E-state index in [9.17, 15) is 9.59 Å². The molecule has 3 heterocycles. The molecule has 126 valence electrons. The van der Waals surface area contributed by atoms with Gasteiger partial charge >= 0.3 is 0 Å². The third-order valence-corrected chi connectivity index (χ3v) is 5.77. The van der Waals surface area contributed by atoms with Crippen LogP contribution in [0, 0.1) is 0 Å². The van der Waals surface area contributed by atoms with Crippen molar-refractivity contribution in [2.75, 3.05) is 7.05 Å². The zero-order valence-corrected chi connectivity index (χ0v) is 14.2. The first-order chi connectivity index (χ1) is 11.5. The molecule has 4 rings (SSSR count). The van der Waals surface area contributed by atoms with Crippen LogP contribution in [0.4, 0.5) is 0 Å². The number of pyridine rings is 1. The lowest BCUT2D eigenvalue weighted by molar-refractivity contribution is 0.0881. The van der Waals surface area contributed by atoms with Gasteiger partial charge in [-0.25, -0.2) is 0 Å². The highest BCUT2D eigenvalue weighted by atomic mass is 16.2. The molecule has 5 nitrogen and oxygen atoms in total. The van der Waals surface area contributed by atoms with Crippen LogP contribution in [-0.4, -0.2) is 40.5 Å². The van der Waals surface area contributed by atoms with Crippen LogP contribution in [0.3, 0.4) is 0 Å². The number of hydrogen-bond donors (Lipinski definition) is 1.